The van der Waals surface area contributed by atoms with Crippen molar-refractivity contribution in [2.75, 3.05) is 5.32 Å². The predicted octanol–water partition coefficient (Wildman–Crippen LogP) is 5.79. The van der Waals surface area contributed by atoms with Crippen LogP contribution in [0, 0.1) is 6.92 Å². The van der Waals surface area contributed by atoms with Crippen LogP contribution in [0.2, 0.25) is 10.0 Å². The fourth-order valence-electron chi connectivity index (χ4n) is 2.51. The number of aryl methyl sites for hydroxylation is 1. The van der Waals surface area contributed by atoms with Crippen LogP contribution in [-0.4, -0.2) is 16.1 Å². The highest BCUT2D eigenvalue weighted by Gasteiger charge is 2.08. The molecule has 2 aromatic carbocycles. The first kappa shape index (κ1) is 20.9. The molecule has 0 atom stereocenters. The molecule has 0 saturated carbocycles. The Morgan fingerprint density at radius 3 is 2.52 bits per heavy atom. The number of nitrogens with one attached hydrogen (secondary N) is 2. The van der Waals surface area contributed by atoms with Gasteiger partial charge in [-0.05, 0) is 73.2 Å². The summed E-state index contributed by atoms with van der Waals surface area (Å²) in [5.41, 5.74) is 2.04. The minimum absolute atomic E-state index is 0.0429. The summed E-state index contributed by atoms with van der Waals surface area (Å²) in [6.07, 6.45) is 2.80. The lowest BCUT2D eigenvalue weighted by atomic mass is 10.2. The molecule has 0 unspecified atom stereocenters. The van der Waals surface area contributed by atoms with Gasteiger partial charge in [-0.25, -0.2) is 0 Å². The molecule has 3 aromatic rings. The molecule has 0 aliphatic heterocycles. The van der Waals surface area contributed by atoms with E-state index in [1.54, 1.807) is 42.5 Å². The number of thiocarbonyl (C=S) groups is 1. The standard InChI is InChI=1S/C21H16Cl2N2O3S/c1-12-2-5-17(18(26)8-12)24-21(29)25-20(27)7-4-16-3-6-19(28-16)13-9-14(22)11-15(23)10-13/h2-11,26H,1H3,(H2,24,25,27,29)/b7-4+. The van der Waals surface area contributed by atoms with E-state index in [4.69, 9.17) is 39.8 Å². The average molecular weight is 447 g/mol. The van der Waals surface area contributed by atoms with Crippen molar-refractivity contribution < 1.29 is 14.3 Å². The largest absolute Gasteiger partial charge is 0.506 e. The molecule has 3 rings (SSSR count). The van der Waals surface area contributed by atoms with Crippen LogP contribution < -0.4 is 10.6 Å². The van der Waals surface area contributed by atoms with Crippen LogP contribution in [0.5, 0.6) is 5.75 Å². The summed E-state index contributed by atoms with van der Waals surface area (Å²) in [5, 5.41) is 16.2. The number of carbonyl (C=O) groups is 1. The highest BCUT2D eigenvalue weighted by atomic mass is 35.5. The van der Waals surface area contributed by atoms with Crippen LogP contribution >= 0.6 is 35.4 Å². The molecule has 0 aliphatic carbocycles. The van der Waals surface area contributed by atoms with Gasteiger partial charge in [0, 0.05) is 21.7 Å². The fourth-order valence-corrected chi connectivity index (χ4v) is 3.24. The van der Waals surface area contributed by atoms with Crippen LogP contribution in [0.3, 0.4) is 0 Å². The molecule has 3 N–H and O–H groups in total. The van der Waals surface area contributed by atoms with E-state index in [0.717, 1.165) is 11.1 Å². The number of carbonyl (C=O) groups excluding carboxylic acids is 1. The number of halogens is 2. The molecular formula is C21H16Cl2N2O3S. The number of aromatic hydroxyl groups is 1. The van der Waals surface area contributed by atoms with Crippen molar-refractivity contribution in [3.05, 3.63) is 76.0 Å². The van der Waals surface area contributed by atoms with Crippen molar-refractivity contribution >= 4 is 58.2 Å². The van der Waals surface area contributed by atoms with E-state index < -0.39 is 5.91 Å². The first-order valence-electron chi connectivity index (χ1n) is 8.46. The normalized spacial score (nSPS) is 10.9. The number of anilines is 1. The zero-order valence-electron chi connectivity index (χ0n) is 15.2. The molecule has 0 aliphatic rings. The van der Waals surface area contributed by atoms with E-state index in [1.807, 2.05) is 13.0 Å². The van der Waals surface area contributed by atoms with Gasteiger partial charge in [-0.15, -0.1) is 0 Å². The molecule has 8 heteroatoms. The predicted molar refractivity (Wildman–Crippen MR) is 120 cm³/mol. The highest BCUT2D eigenvalue weighted by molar-refractivity contribution is 7.80. The maximum Gasteiger partial charge on any atom is 0.250 e. The van der Waals surface area contributed by atoms with E-state index in [1.165, 1.54) is 12.2 Å². The number of phenols is 1. The third-order valence-corrected chi connectivity index (χ3v) is 4.45. The van der Waals surface area contributed by atoms with E-state index in [2.05, 4.69) is 10.6 Å². The third kappa shape index (κ3) is 5.84. The summed E-state index contributed by atoms with van der Waals surface area (Å²) >= 11 is 17.1. The fraction of sp³-hybridized carbons (Fsp3) is 0.0476. The lowest BCUT2D eigenvalue weighted by molar-refractivity contribution is -0.115. The lowest BCUT2D eigenvalue weighted by Gasteiger charge is -2.10. The molecule has 29 heavy (non-hydrogen) atoms. The molecule has 148 valence electrons. The quantitative estimate of drug-likeness (QED) is 0.268. The summed E-state index contributed by atoms with van der Waals surface area (Å²) in [4.78, 5) is 12.1. The average Bonchev–Trinajstić information content (AvgIpc) is 3.11. The number of amides is 1. The molecule has 1 aromatic heterocycles. The van der Waals surface area contributed by atoms with Crippen LogP contribution in [-0.2, 0) is 4.79 Å². The molecule has 0 bridgehead atoms. The number of rotatable bonds is 4. The van der Waals surface area contributed by atoms with Gasteiger partial charge in [-0.3, -0.25) is 10.1 Å². The third-order valence-electron chi connectivity index (χ3n) is 3.81. The van der Waals surface area contributed by atoms with Crippen LogP contribution in [0.1, 0.15) is 11.3 Å². The molecule has 1 amide bonds. The van der Waals surface area contributed by atoms with Crippen molar-refractivity contribution in [2.24, 2.45) is 0 Å². The van der Waals surface area contributed by atoms with E-state index in [-0.39, 0.29) is 10.9 Å². The van der Waals surface area contributed by atoms with Crippen molar-refractivity contribution in [1.82, 2.24) is 5.32 Å². The summed E-state index contributed by atoms with van der Waals surface area (Å²) < 4.78 is 5.69. The lowest BCUT2D eigenvalue weighted by Crippen LogP contribution is -2.32. The number of phenolic OH excluding ortho intramolecular Hbond substituents is 1. The van der Waals surface area contributed by atoms with Gasteiger partial charge in [0.2, 0.25) is 5.91 Å². The molecule has 0 saturated heterocycles. The second-order valence-corrected chi connectivity index (χ2v) is 7.44. The van der Waals surface area contributed by atoms with E-state index >= 15 is 0 Å². The van der Waals surface area contributed by atoms with Gasteiger partial charge in [0.1, 0.15) is 17.3 Å². The van der Waals surface area contributed by atoms with Crippen molar-refractivity contribution in [3.8, 4) is 17.1 Å². The van der Waals surface area contributed by atoms with E-state index in [9.17, 15) is 9.90 Å². The van der Waals surface area contributed by atoms with Gasteiger partial charge in [0.05, 0.1) is 5.69 Å². The van der Waals surface area contributed by atoms with Crippen LogP contribution in [0.4, 0.5) is 5.69 Å². The zero-order chi connectivity index (χ0) is 21.0. The smallest absolute Gasteiger partial charge is 0.250 e. The second kappa shape index (κ2) is 9.13. The number of benzene rings is 2. The Labute approximate surface area is 182 Å². The van der Waals surface area contributed by atoms with Gasteiger partial charge in [-0.1, -0.05) is 29.3 Å². The topological polar surface area (TPSA) is 74.5 Å². The Balaban J connectivity index is 1.60. The van der Waals surface area contributed by atoms with Crippen molar-refractivity contribution in [2.45, 2.75) is 6.92 Å². The Morgan fingerprint density at radius 2 is 1.83 bits per heavy atom. The maximum absolute atomic E-state index is 12.1. The molecule has 0 spiro atoms. The van der Waals surface area contributed by atoms with Crippen molar-refractivity contribution in [3.63, 3.8) is 0 Å². The zero-order valence-corrected chi connectivity index (χ0v) is 17.5. The number of hydrogen-bond acceptors (Lipinski definition) is 4. The minimum Gasteiger partial charge on any atom is -0.506 e. The Kier molecular flexibility index (Phi) is 6.59. The monoisotopic (exact) mass is 446 g/mol. The minimum atomic E-state index is -0.446. The maximum atomic E-state index is 12.1. The second-order valence-electron chi connectivity index (χ2n) is 6.16. The van der Waals surface area contributed by atoms with Gasteiger partial charge in [0.25, 0.3) is 0 Å². The van der Waals surface area contributed by atoms with E-state index in [0.29, 0.717) is 27.3 Å². The Hall–Kier alpha value is -2.80. The summed E-state index contributed by atoms with van der Waals surface area (Å²) in [5.74, 6) is 0.641. The number of furan rings is 1. The number of hydrogen-bond donors (Lipinski definition) is 3. The SMILES string of the molecule is Cc1ccc(NC(=S)NC(=O)/C=C/c2ccc(-c3cc(Cl)cc(Cl)c3)o2)c(O)c1. The van der Waals surface area contributed by atoms with Crippen LogP contribution in [0.15, 0.2) is 59.0 Å². The first-order chi connectivity index (χ1) is 13.8. The Morgan fingerprint density at radius 1 is 1.10 bits per heavy atom. The van der Waals surface area contributed by atoms with Gasteiger partial charge >= 0.3 is 0 Å². The molecule has 5 nitrogen and oxygen atoms in total. The Bertz CT molecular complexity index is 1090. The van der Waals surface area contributed by atoms with Crippen LogP contribution in [0.25, 0.3) is 17.4 Å². The molecule has 1 heterocycles. The summed E-state index contributed by atoms with van der Waals surface area (Å²) in [6.45, 7) is 1.86. The summed E-state index contributed by atoms with van der Waals surface area (Å²) in [7, 11) is 0. The van der Waals surface area contributed by atoms with Gasteiger partial charge in [-0.2, -0.15) is 0 Å². The molecule has 0 fully saturated rings. The van der Waals surface area contributed by atoms with Gasteiger partial charge < -0.3 is 14.8 Å². The van der Waals surface area contributed by atoms with Gasteiger partial charge in [0.15, 0.2) is 5.11 Å². The molecule has 0 radical (unpaired) electrons. The molecular weight excluding hydrogens is 431 g/mol. The summed E-state index contributed by atoms with van der Waals surface area (Å²) in [6, 6.07) is 13.6. The highest BCUT2D eigenvalue weighted by Crippen LogP contribution is 2.29. The first-order valence-corrected chi connectivity index (χ1v) is 9.62. The van der Waals surface area contributed by atoms with Crippen molar-refractivity contribution in [1.29, 1.82) is 0 Å².